The van der Waals surface area contributed by atoms with Crippen molar-refractivity contribution in [2.75, 3.05) is 11.9 Å². The summed E-state index contributed by atoms with van der Waals surface area (Å²) < 4.78 is 33.8. The zero-order valence-electron chi connectivity index (χ0n) is 16.6. The fourth-order valence-corrected chi connectivity index (χ4v) is 4.20. The molecule has 1 aliphatic rings. The Morgan fingerprint density at radius 1 is 1.25 bits per heavy atom. The van der Waals surface area contributed by atoms with Gasteiger partial charge in [-0.3, -0.25) is 10.4 Å². The number of ether oxygens (including phenoxy) is 1. The number of benzene rings is 2. The fraction of sp³-hybridized carbons (Fsp3) is 0.286. The van der Waals surface area contributed by atoms with Gasteiger partial charge in [-0.25, -0.2) is 18.4 Å². The van der Waals surface area contributed by atoms with Crippen molar-refractivity contribution < 1.29 is 28.2 Å². The maximum atomic E-state index is 14.2. The molecule has 2 aromatic carbocycles. The smallest absolute Gasteiger partial charge is 0.412 e. The van der Waals surface area contributed by atoms with E-state index in [-0.39, 0.29) is 28.3 Å². The molecule has 2 atom stereocenters. The molecule has 168 valence electrons. The summed E-state index contributed by atoms with van der Waals surface area (Å²) >= 11 is 5.98. The molecule has 1 aromatic heterocycles. The minimum atomic E-state index is -1.17. The van der Waals surface area contributed by atoms with Crippen LogP contribution in [-0.2, 0) is 4.74 Å². The average molecular weight is 465 g/mol. The van der Waals surface area contributed by atoms with Crippen LogP contribution in [0, 0.1) is 11.6 Å². The van der Waals surface area contributed by atoms with Crippen LogP contribution in [0.15, 0.2) is 36.5 Å². The average Bonchev–Trinajstić information content (AvgIpc) is 3.20. The molecule has 3 aromatic rings. The highest BCUT2D eigenvalue weighted by molar-refractivity contribution is 6.30. The Morgan fingerprint density at radius 2 is 2.06 bits per heavy atom. The SMILES string of the molecule is O=C(Nc1cc(F)c2[nH]ncc2c1)O[C@@H](c1cc(F)cc(Cl)c1)C1CCCCN1C(=O)O. The van der Waals surface area contributed by atoms with E-state index in [2.05, 4.69) is 15.5 Å². The van der Waals surface area contributed by atoms with Crippen molar-refractivity contribution in [2.24, 2.45) is 0 Å². The third kappa shape index (κ3) is 4.59. The number of hydrogen-bond donors (Lipinski definition) is 3. The van der Waals surface area contributed by atoms with E-state index in [0.29, 0.717) is 24.6 Å². The summed E-state index contributed by atoms with van der Waals surface area (Å²) in [5, 5.41) is 18.8. The Bertz CT molecular complexity index is 1150. The lowest BCUT2D eigenvalue weighted by Gasteiger charge is -2.38. The van der Waals surface area contributed by atoms with Crippen LogP contribution in [0.5, 0.6) is 0 Å². The number of carbonyl (C=O) groups excluding carboxylic acids is 1. The van der Waals surface area contributed by atoms with Crippen LogP contribution >= 0.6 is 11.6 Å². The highest BCUT2D eigenvalue weighted by Gasteiger charge is 2.37. The maximum Gasteiger partial charge on any atom is 0.412 e. The first-order chi connectivity index (χ1) is 15.3. The first-order valence-corrected chi connectivity index (χ1v) is 10.3. The van der Waals surface area contributed by atoms with Crippen molar-refractivity contribution in [3.63, 3.8) is 0 Å². The number of H-pyrrole nitrogens is 1. The summed E-state index contributed by atoms with van der Waals surface area (Å²) in [6, 6.07) is 5.53. The third-order valence-corrected chi connectivity index (χ3v) is 5.56. The predicted molar refractivity (Wildman–Crippen MR) is 113 cm³/mol. The van der Waals surface area contributed by atoms with Crippen LogP contribution in [0.25, 0.3) is 10.9 Å². The number of halogens is 3. The topological polar surface area (TPSA) is 108 Å². The largest absolute Gasteiger partial charge is 0.465 e. The van der Waals surface area contributed by atoms with Crippen molar-refractivity contribution in [1.82, 2.24) is 15.1 Å². The third-order valence-electron chi connectivity index (χ3n) is 5.34. The van der Waals surface area contributed by atoms with E-state index in [1.165, 1.54) is 23.2 Å². The zero-order valence-corrected chi connectivity index (χ0v) is 17.4. The molecule has 11 heteroatoms. The van der Waals surface area contributed by atoms with Gasteiger partial charge < -0.3 is 14.7 Å². The number of hydrogen-bond acceptors (Lipinski definition) is 4. The predicted octanol–water partition coefficient (Wildman–Crippen LogP) is 5.32. The molecule has 2 amide bonds. The number of piperidine rings is 1. The number of aromatic amines is 1. The summed E-state index contributed by atoms with van der Waals surface area (Å²) in [6.45, 7) is 0.257. The number of amides is 2. The standard InChI is InChI=1S/C21H19ClF2N4O4/c22-13-5-11(6-14(23)8-13)19(17-3-1-2-4-28(17)21(30)31)32-20(29)26-15-7-12-10-25-27-18(12)16(24)9-15/h5-10,17,19H,1-4H2,(H,25,27)(H,26,29)(H,30,31)/t17?,19-/m0/s1. The van der Waals surface area contributed by atoms with Crippen molar-refractivity contribution in [3.8, 4) is 0 Å². The number of likely N-dealkylation sites (tertiary alicyclic amines) is 1. The lowest BCUT2D eigenvalue weighted by molar-refractivity contribution is 0.0177. The summed E-state index contributed by atoms with van der Waals surface area (Å²) in [7, 11) is 0. The number of nitrogens with zero attached hydrogens (tertiary/aromatic N) is 2. The second kappa shape index (κ2) is 8.99. The van der Waals surface area contributed by atoms with Crippen LogP contribution in [0.4, 0.5) is 24.1 Å². The van der Waals surface area contributed by atoms with E-state index < -0.39 is 36.0 Å². The van der Waals surface area contributed by atoms with Crippen LogP contribution in [0.3, 0.4) is 0 Å². The lowest BCUT2D eigenvalue weighted by Crippen LogP contribution is -2.47. The van der Waals surface area contributed by atoms with Crippen molar-refractivity contribution in [1.29, 1.82) is 0 Å². The molecule has 0 aliphatic carbocycles. The Hall–Kier alpha value is -3.40. The van der Waals surface area contributed by atoms with Crippen LogP contribution < -0.4 is 5.32 Å². The van der Waals surface area contributed by atoms with Gasteiger partial charge in [0.15, 0.2) is 5.82 Å². The van der Waals surface area contributed by atoms with Crippen molar-refractivity contribution in [2.45, 2.75) is 31.4 Å². The van der Waals surface area contributed by atoms with E-state index in [0.717, 1.165) is 18.2 Å². The number of carbonyl (C=O) groups is 2. The van der Waals surface area contributed by atoms with Gasteiger partial charge in [0.05, 0.1) is 12.2 Å². The van der Waals surface area contributed by atoms with Gasteiger partial charge in [-0.2, -0.15) is 5.10 Å². The van der Waals surface area contributed by atoms with Crippen LogP contribution in [0.1, 0.15) is 30.9 Å². The summed E-state index contributed by atoms with van der Waals surface area (Å²) in [6.07, 6.45) is -0.0567. The Kier molecular flexibility index (Phi) is 6.13. The molecule has 0 spiro atoms. The Morgan fingerprint density at radius 3 is 2.81 bits per heavy atom. The fourth-order valence-electron chi connectivity index (χ4n) is 3.97. The number of nitrogens with one attached hydrogen (secondary N) is 2. The molecule has 32 heavy (non-hydrogen) atoms. The Labute approximate surface area is 186 Å². The monoisotopic (exact) mass is 464 g/mol. The van der Waals surface area contributed by atoms with Gasteiger partial charge in [0, 0.05) is 22.6 Å². The second-order valence-electron chi connectivity index (χ2n) is 7.49. The van der Waals surface area contributed by atoms with Crippen LogP contribution in [-0.4, -0.2) is 45.0 Å². The van der Waals surface area contributed by atoms with Gasteiger partial charge in [-0.1, -0.05) is 11.6 Å². The molecule has 1 fully saturated rings. The minimum Gasteiger partial charge on any atom is -0.465 e. The van der Waals surface area contributed by atoms with Crippen LogP contribution in [0.2, 0.25) is 5.02 Å². The van der Waals surface area contributed by atoms with Gasteiger partial charge in [0.25, 0.3) is 0 Å². The molecule has 2 heterocycles. The highest BCUT2D eigenvalue weighted by Crippen LogP contribution is 2.34. The van der Waals surface area contributed by atoms with Crippen molar-refractivity contribution >= 4 is 40.4 Å². The number of aromatic nitrogens is 2. The van der Waals surface area contributed by atoms with Gasteiger partial charge in [-0.05, 0) is 55.2 Å². The molecular formula is C21H19ClF2N4O4. The van der Waals surface area contributed by atoms with Gasteiger partial charge >= 0.3 is 12.2 Å². The number of rotatable bonds is 4. The van der Waals surface area contributed by atoms with E-state index in [9.17, 15) is 23.5 Å². The molecule has 0 bridgehead atoms. The van der Waals surface area contributed by atoms with Crippen molar-refractivity contribution in [3.05, 3.63) is 58.7 Å². The minimum absolute atomic E-state index is 0.0826. The quantitative estimate of drug-likeness (QED) is 0.484. The first-order valence-electron chi connectivity index (χ1n) is 9.87. The summed E-state index contributed by atoms with van der Waals surface area (Å²) in [5.41, 5.74) is 0.534. The van der Waals surface area contributed by atoms with E-state index in [1.54, 1.807) is 0 Å². The van der Waals surface area contributed by atoms with Gasteiger partial charge in [0.1, 0.15) is 17.4 Å². The lowest BCUT2D eigenvalue weighted by atomic mass is 9.93. The molecule has 1 aliphatic heterocycles. The second-order valence-corrected chi connectivity index (χ2v) is 7.92. The molecule has 8 nitrogen and oxygen atoms in total. The molecule has 1 unspecified atom stereocenters. The molecule has 4 rings (SSSR count). The number of carboxylic acid groups (broad SMARTS) is 1. The van der Waals surface area contributed by atoms with Gasteiger partial charge in [0.2, 0.25) is 0 Å². The summed E-state index contributed by atoms with van der Waals surface area (Å²) in [5.74, 6) is -1.26. The zero-order chi connectivity index (χ0) is 22.8. The molecule has 0 radical (unpaired) electrons. The summed E-state index contributed by atoms with van der Waals surface area (Å²) in [4.78, 5) is 25.6. The molecule has 1 saturated heterocycles. The number of anilines is 1. The van der Waals surface area contributed by atoms with E-state index in [1.807, 2.05) is 0 Å². The van der Waals surface area contributed by atoms with E-state index >= 15 is 0 Å². The first kappa shape index (κ1) is 21.8. The molecule has 0 saturated carbocycles. The maximum absolute atomic E-state index is 14.2. The molecular weight excluding hydrogens is 446 g/mol. The molecule has 3 N–H and O–H groups in total. The van der Waals surface area contributed by atoms with Gasteiger partial charge in [-0.15, -0.1) is 0 Å². The normalized spacial score (nSPS) is 17.2. The highest BCUT2D eigenvalue weighted by atomic mass is 35.5. The Balaban J connectivity index is 1.63. The number of fused-ring (bicyclic) bond motifs is 1. The van der Waals surface area contributed by atoms with E-state index in [4.69, 9.17) is 16.3 Å².